The van der Waals surface area contributed by atoms with Crippen molar-refractivity contribution in [3.8, 4) is 5.75 Å². The average molecular weight is 524 g/mol. The minimum Gasteiger partial charge on any atom is -0.497 e. The number of aryl methyl sites for hydroxylation is 1. The predicted octanol–water partition coefficient (Wildman–Crippen LogP) is 2.26. The molecule has 2 rings (SSSR count). The molecule has 0 aliphatic carbocycles. The predicted molar refractivity (Wildman–Crippen MR) is 132 cm³/mol. The van der Waals surface area contributed by atoms with Crippen LogP contribution in [0.5, 0.6) is 5.75 Å². The zero-order valence-corrected chi connectivity index (χ0v) is 22.2. The molecule has 0 amide bonds. The van der Waals surface area contributed by atoms with Crippen molar-refractivity contribution in [2.75, 3.05) is 38.4 Å². The van der Waals surface area contributed by atoms with Crippen LogP contribution < -0.4 is 9.46 Å². The molecule has 1 aromatic heterocycles. The Bertz CT molecular complexity index is 1150. The molecule has 36 heavy (non-hydrogen) atoms. The summed E-state index contributed by atoms with van der Waals surface area (Å²) in [6.07, 6.45) is 1.33. The van der Waals surface area contributed by atoms with Crippen LogP contribution >= 0.6 is 0 Å². The Morgan fingerprint density at radius 2 is 1.67 bits per heavy atom. The second-order valence-corrected chi connectivity index (χ2v) is 10.8. The van der Waals surface area contributed by atoms with Crippen molar-refractivity contribution in [2.45, 2.75) is 44.6 Å². The number of hydrogen-bond donors (Lipinski definition) is 1. The Labute approximate surface area is 211 Å². The van der Waals surface area contributed by atoms with Crippen LogP contribution in [0, 0.1) is 0 Å². The van der Waals surface area contributed by atoms with E-state index in [9.17, 15) is 18.0 Å². The first-order valence-electron chi connectivity index (χ1n) is 11.1. The number of methoxy groups -OCH3 is 3. The highest BCUT2D eigenvalue weighted by Crippen LogP contribution is 2.32. The van der Waals surface area contributed by atoms with Crippen molar-refractivity contribution < 1.29 is 37.0 Å². The zero-order chi connectivity index (χ0) is 27.0. The number of carbonyl (C=O) groups excluding carboxylic acids is 2. The minimum atomic E-state index is -3.87. The van der Waals surface area contributed by atoms with Gasteiger partial charge in [-0.2, -0.15) is 0 Å². The van der Waals surface area contributed by atoms with E-state index in [1.165, 1.54) is 19.4 Å². The Morgan fingerprint density at radius 1 is 1.00 bits per heavy atom. The first-order chi connectivity index (χ1) is 16.9. The summed E-state index contributed by atoms with van der Waals surface area (Å²) in [5, 5.41) is 0. The third kappa shape index (κ3) is 7.62. The van der Waals surface area contributed by atoms with Crippen molar-refractivity contribution in [3.63, 3.8) is 0 Å². The summed E-state index contributed by atoms with van der Waals surface area (Å²) < 4.78 is 48.4. The molecule has 12 heteroatoms. The molecular formula is C24H33N3O8S. The maximum Gasteiger partial charge on any atom is 0.330 e. The Hall–Kier alpha value is -3.25. The van der Waals surface area contributed by atoms with E-state index in [1.54, 1.807) is 52.1 Å². The molecule has 1 heterocycles. The summed E-state index contributed by atoms with van der Waals surface area (Å²) in [6.45, 7) is 4.98. The summed E-state index contributed by atoms with van der Waals surface area (Å²) in [5.74, 6) is -1.69. The van der Waals surface area contributed by atoms with E-state index in [2.05, 4.69) is 14.7 Å². The highest BCUT2D eigenvalue weighted by Gasteiger charge is 2.52. The molecule has 0 aliphatic rings. The third-order valence-corrected chi connectivity index (χ3v) is 6.36. The maximum absolute atomic E-state index is 13.3. The molecule has 0 radical (unpaired) electrons. The second-order valence-electron chi connectivity index (χ2n) is 8.93. The van der Waals surface area contributed by atoms with Crippen LogP contribution in [0.1, 0.15) is 38.4 Å². The van der Waals surface area contributed by atoms with E-state index in [-0.39, 0.29) is 36.8 Å². The van der Waals surface area contributed by atoms with Gasteiger partial charge in [-0.15, -0.1) is 0 Å². The third-order valence-electron chi connectivity index (χ3n) is 5.12. The lowest BCUT2D eigenvalue weighted by atomic mass is 9.80. The van der Waals surface area contributed by atoms with Gasteiger partial charge in [-0.3, -0.25) is 14.3 Å². The molecular weight excluding hydrogens is 490 g/mol. The van der Waals surface area contributed by atoms with E-state index < -0.39 is 33.0 Å². The largest absolute Gasteiger partial charge is 0.497 e. The molecule has 1 atom stereocenters. The van der Waals surface area contributed by atoms with Crippen molar-refractivity contribution >= 4 is 27.9 Å². The molecule has 0 fully saturated rings. The number of nitrogens with one attached hydrogen (secondary N) is 1. The molecule has 0 saturated carbocycles. The quantitative estimate of drug-likeness (QED) is 0.325. The minimum absolute atomic E-state index is 0.00126. The van der Waals surface area contributed by atoms with Gasteiger partial charge in [0, 0.05) is 26.3 Å². The van der Waals surface area contributed by atoms with E-state index in [0.717, 1.165) is 12.7 Å². The summed E-state index contributed by atoms with van der Waals surface area (Å²) in [7, 11) is 0.234. The smallest absolute Gasteiger partial charge is 0.330 e. The van der Waals surface area contributed by atoms with Crippen LogP contribution in [0.3, 0.4) is 0 Å². The second kappa shape index (κ2) is 12.1. The van der Waals surface area contributed by atoms with Crippen molar-refractivity contribution in [2.24, 2.45) is 0 Å². The molecule has 2 aromatic rings. The van der Waals surface area contributed by atoms with Gasteiger partial charge < -0.3 is 18.9 Å². The number of aromatic nitrogens is 2. The number of anilines is 1. The SMILES string of the molecule is COCCC(C(=O)OC)(C(=O)OC(C)(C)C)c1ccnc(NS(=O)(=O)CCc2ccc(OC)cc2)n1. The normalized spacial score (nSPS) is 13.4. The fourth-order valence-electron chi connectivity index (χ4n) is 3.30. The van der Waals surface area contributed by atoms with Gasteiger partial charge in [0.1, 0.15) is 11.4 Å². The van der Waals surface area contributed by atoms with Crippen LogP contribution in [0.4, 0.5) is 5.95 Å². The molecule has 0 aliphatic heterocycles. The summed E-state index contributed by atoms with van der Waals surface area (Å²) >= 11 is 0. The Morgan fingerprint density at radius 3 is 2.22 bits per heavy atom. The van der Waals surface area contributed by atoms with Crippen LogP contribution in [-0.4, -0.2) is 69.6 Å². The van der Waals surface area contributed by atoms with Crippen molar-refractivity contribution in [1.82, 2.24) is 9.97 Å². The monoisotopic (exact) mass is 523 g/mol. The highest BCUT2D eigenvalue weighted by molar-refractivity contribution is 7.92. The first-order valence-corrected chi connectivity index (χ1v) is 12.8. The highest BCUT2D eigenvalue weighted by atomic mass is 32.2. The lowest BCUT2D eigenvalue weighted by Gasteiger charge is -2.31. The number of benzene rings is 1. The molecule has 1 unspecified atom stereocenters. The number of esters is 2. The summed E-state index contributed by atoms with van der Waals surface area (Å²) in [6, 6.07) is 8.36. The molecule has 0 saturated heterocycles. The van der Waals surface area contributed by atoms with Crippen molar-refractivity contribution in [3.05, 3.63) is 47.8 Å². The maximum atomic E-state index is 13.3. The number of ether oxygens (including phenoxy) is 4. The number of sulfonamides is 1. The Balaban J connectivity index is 2.36. The van der Waals surface area contributed by atoms with Gasteiger partial charge in [-0.25, -0.2) is 18.4 Å². The van der Waals surface area contributed by atoms with Crippen LogP contribution in [0.2, 0.25) is 0 Å². The molecule has 1 aromatic carbocycles. The average Bonchev–Trinajstić information content (AvgIpc) is 2.82. The lowest BCUT2D eigenvalue weighted by molar-refractivity contribution is -0.172. The van der Waals surface area contributed by atoms with Crippen LogP contribution in [-0.2, 0) is 45.7 Å². The van der Waals surface area contributed by atoms with Crippen LogP contribution in [0.15, 0.2) is 36.5 Å². The summed E-state index contributed by atoms with van der Waals surface area (Å²) in [5.41, 5.74) is -2.19. The van der Waals surface area contributed by atoms with Gasteiger partial charge in [0.2, 0.25) is 21.4 Å². The van der Waals surface area contributed by atoms with Gasteiger partial charge in [-0.05, 0) is 51.0 Å². The van der Waals surface area contributed by atoms with E-state index in [4.69, 9.17) is 18.9 Å². The van der Waals surface area contributed by atoms with E-state index in [0.29, 0.717) is 5.75 Å². The van der Waals surface area contributed by atoms with Crippen LogP contribution in [0.25, 0.3) is 0 Å². The van der Waals surface area contributed by atoms with Gasteiger partial charge in [0.25, 0.3) is 0 Å². The fraction of sp³-hybridized carbons (Fsp3) is 0.500. The van der Waals surface area contributed by atoms with Gasteiger partial charge in [-0.1, -0.05) is 12.1 Å². The lowest BCUT2D eigenvalue weighted by Crippen LogP contribution is -2.49. The van der Waals surface area contributed by atoms with Gasteiger partial charge in [0.15, 0.2) is 0 Å². The molecule has 1 N–H and O–H groups in total. The first kappa shape index (κ1) is 29.0. The molecule has 198 valence electrons. The van der Waals surface area contributed by atoms with Gasteiger partial charge >= 0.3 is 11.9 Å². The molecule has 0 bridgehead atoms. The van der Waals surface area contributed by atoms with E-state index >= 15 is 0 Å². The molecule has 0 spiro atoms. The fourth-order valence-corrected chi connectivity index (χ4v) is 4.28. The van der Waals surface area contributed by atoms with Gasteiger partial charge in [0.05, 0.1) is 25.7 Å². The standard InChI is InChI=1S/C24H33N3O8S/c1-23(2,3)35-21(29)24(13-15-32-4,20(28)34-6)19-11-14-25-22(26-19)27-36(30,31)16-12-17-7-9-18(33-5)10-8-17/h7-11,14H,12-13,15-16H2,1-6H3,(H,25,26,27). The number of nitrogens with zero attached hydrogens (tertiary/aromatic N) is 2. The number of rotatable bonds is 12. The Kier molecular flexibility index (Phi) is 9.77. The van der Waals surface area contributed by atoms with Crippen molar-refractivity contribution in [1.29, 1.82) is 0 Å². The number of carbonyl (C=O) groups is 2. The molecule has 11 nitrogen and oxygen atoms in total. The zero-order valence-electron chi connectivity index (χ0n) is 21.4. The van der Waals surface area contributed by atoms with E-state index in [1.807, 2.05) is 0 Å². The number of hydrogen-bond acceptors (Lipinski definition) is 10. The topological polar surface area (TPSA) is 143 Å². The summed E-state index contributed by atoms with van der Waals surface area (Å²) in [4.78, 5) is 34.5.